The van der Waals surface area contributed by atoms with Crippen LogP contribution in [0.2, 0.25) is 0 Å². The Bertz CT molecular complexity index is 240. The molecule has 0 aliphatic carbocycles. The Balaban J connectivity index is 0.000000980. The van der Waals surface area contributed by atoms with Crippen LogP contribution in [0.15, 0.2) is 0 Å². The fourth-order valence-electron chi connectivity index (χ4n) is 2.31. The second kappa shape index (κ2) is 4.18. The molecule has 2 aliphatic rings. The molecule has 2 aliphatic heterocycles. The predicted molar refractivity (Wildman–Crippen MR) is 47.3 cm³/mol. The fraction of sp³-hybridized carbons (Fsp3) is 0.750. The van der Waals surface area contributed by atoms with Crippen LogP contribution in [0.1, 0.15) is 12.8 Å². The molecule has 0 radical (unpaired) electrons. The molecule has 0 spiro atoms. The maximum atomic E-state index is 10.8. The van der Waals surface area contributed by atoms with Crippen molar-refractivity contribution in [1.82, 2.24) is 0 Å². The first-order valence-electron chi connectivity index (χ1n) is 4.22. The summed E-state index contributed by atoms with van der Waals surface area (Å²) in [6.07, 6.45) is 0.573. The molecule has 0 aromatic carbocycles. The molecule has 0 aromatic heterocycles. The summed E-state index contributed by atoms with van der Waals surface area (Å²) in [5.74, 6) is -3.81. The number of hydrogen-bond donors (Lipinski definition) is 2. The number of ether oxygens (including phenoxy) is 1. The number of rotatable bonds is 2. The second-order valence-electron chi connectivity index (χ2n) is 3.52. The number of carboxylic acids is 2. The maximum absolute atomic E-state index is 10.8. The van der Waals surface area contributed by atoms with Crippen LogP contribution in [0.3, 0.4) is 0 Å². The van der Waals surface area contributed by atoms with E-state index in [1.165, 1.54) is 0 Å². The van der Waals surface area contributed by atoms with Crippen molar-refractivity contribution in [3.63, 3.8) is 0 Å². The Morgan fingerprint density at radius 2 is 1.36 bits per heavy atom. The third-order valence-electron chi connectivity index (χ3n) is 2.84. The van der Waals surface area contributed by atoms with Gasteiger partial charge in [-0.15, -0.1) is 0 Å². The molecule has 2 rings (SSSR count). The van der Waals surface area contributed by atoms with Crippen LogP contribution in [0.5, 0.6) is 0 Å². The molecule has 74 valence electrons. The van der Waals surface area contributed by atoms with Gasteiger partial charge in [0.25, 0.3) is 0 Å². The van der Waals surface area contributed by atoms with Crippen LogP contribution in [0, 0.1) is 11.8 Å². The number of carboxylic acid groups (broad SMARTS) is 2. The predicted octanol–water partition coefficient (Wildman–Crippen LogP) is -0.699. The Labute approximate surface area is 103 Å². The standard InChI is InChI=1S/C8H10O5.Na.H/c9-7(10)5-3-1-2-4(13-3)6(5)8(11)12;;/h3-6H,1-2H2,(H,9,10)(H,11,12);;. The Morgan fingerprint density at radius 3 is 1.64 bits per heavy atom. The van der Waals surface area contributed by atoms with Crippen LogP contribution in [0.4, 0.5) is 0 Å². The average molecular weight is 210 g/mol. The van der Waals surface area contributed by atoms with E-state index in [1.54, 1.807) is 0 Å². The molecule has 4 unspecified atom stereocenters. The van der Waals surface area contributed by atoms with Crippen LogP contribution < -0.4 is 0 Å². The van der Waals surface area contributed by atoms with Gasteiger partial charge in [-0.05, 0) is 12.8 Å². The van der Waals surface area contributed by atoms with Crippen LogP contribution in [0.25, 0.3) is 0 Å². The summed E-state index contributed by atoms with van der Waals surface area (Å²) >= 11 is 0. The van der Waals surface area contributed by atoms with Crippen LogP contribution in [-0.2, 0) is 14.3 Å². The van der Waals surface area contributed by atoms with E-state index < -0.39 is 23.8 Å². The molecule has 2 fully saturated rings. The second-order valence-corrected chi connectivity index (χ2v) is 3.52. The van der Waals surface area contributed by atoms with Crippen molar-refractivity contribution in [2.24, 2.45) is 11.8 Å². The van der Waals surface area contributed by atoms with Gasteiger partial charge in [0.2, 0.25) is 0 Å². The third-order valence-corrected chi connectivity index (χ3v) is 2.84. The van der Waals surface area contributed by atoms with E-state index in [2.05, 4.69) is 0 Å². The Hall–Kier alpha value is -0.100. The Morgan fingerprint density at radius 1 is 1.00 bits per heavy atom. The van der Waals surface area contributed by atoms with E-state index in [-0.39, 0.29) is 41.8 Å². The molecule has 6 heteroatoms. The summed E-state index contributed by atoms with van der Waals surface area (Å²) in [5, 5.41) is 17.6. The van der Waals surface area contributed by atoms with Crippen LogP contribution in [-0.4, -0.2) is 63.9 Å². The van der Waals surface area contributed by atoms with Crippen molar-refractivity contribution in [3.05, 3.63) is 0 Å². The molecule has 14 heavy (non-hydrogen) atoms. The SMILES string of the molecule is O=C(O)C1C2CCC(O2)C1C(=O)O.[NaH]. The van der Waals surface area contributed by atoms with E-state index in [0.29, 0.717) is 12.8 Å². The van der Waals surface area contributed by atoms with Crippen molar-refractivity contribution in [1.29, 1.82) is 0 Å². The number of aliphatic carboxylic acids is 2. The van der Waals surface area contributed by atoms with Gasteiger partial charge in [0.15, 0.2) is 0 Å². The molecular weight excluding hydrogens is 199 g/mol. The van der Waals surface area contributed by atoms with Gasteiger partial charge >= 0.3 is 41.5 Å². The molecule has 2 bridgehead atoms. The zero-order valence-electron chi connectivity index (χ0n) is 6.84. The first-order valence-corrected chi connectivity index (χ1v) is 4.22. The quantitative estimate of drug-likeness (QED) is 0.589. The fourth-order valence-corrected chi connectivity index (χ4v) is 2.31. The number of hydrogen-bond acceptors (Lipinski definition) is 3. The van der Waals surface area contributed by atoms with Gasteiger partial charge in [-0.3, -0.25) is 9.59 Å². The van der Waals surface area contributed by atoms with Crippen LogP contribution >= 0.6 is 0 Å². The van der Waals surface area contributed by atoms with Gasteiger partial charge in [-0.2, -0.15) is 0 Å². The summed E-state index contributed by atoms with van der Waals surface area (Å²) in [6, 6.07) is 0. The van der Waals surface area contributed by atoms with Crippen molar-refractivity contribution < 1.29 is 24.5 Å². The topological polar surface area (TPSA) is 83.8 Å². The van der Waals surface area contributed by atoms with E-state index in [0.717, 1.165) is 0 Å². The number of fused-ring (bicyclic) bond motifs is 2. The first kappa shape index (κ1) is 12.0. The summed E-state index contributed by atoms with van der Waals surface area (Å²) in [4.78, 5) is 21.5. The third kappa shape index (κ3) is 1.69. The molecule has 2 N–H and O–H groups in total. The molecule has 2 saturated heterocycles. The van der Waals surface area contributed by atoms with Gasteiger partial charge in [0.1, 0.15) is 0 Å². The Kier molecular flexibility index (Phi) is 3.58. The molecule has 0 amide bonds. The molecule has 0 aromatic rings. The molecule has 2 heterocycles. The minimum atomic E-state index is -1.06. The zero-order valence-corrected chi connectivity index (χ0v) is 6.84. The van der Waals surface area contributed by atoms with Crippen molar-refractivity contribution in [3.8, 4) is 0 Å². The summed E-state index contributed by atoms with van der Waals surface area (Å²) < 4.78 is 5.26. The molecule has 0 saturated carbocycles. The van der Waals surface area contributed by atoms with Crippen molar-refractivity contribution in [2.45, 2.75) is 25.0 Å². The van der Waals surface area contributed by atoms with Gasteiger partial charge in [-0.25, -0.2) is 0 Å². The molecule has 5 nitrogen and oxygen atoms in total. The van der Waals surface area contributed by atoms with Gasteiger partial charge in [0.05, 0.1) is 24.0 Å². The summed E-state index contributed by atoms with van der Waals surface area (Å²) in [7, 11) is 0. The van der Waals surface area contributed by atoms with E-state index in [1.807, 2.05) is 0 Å². The monoisotopic (exact) mass is 210 g/mol. The van der Waals surface area contributed by atoms with Crippen molar-refractivity contribution in [2.75, 3.05) is 0 Å². The molecule has 4 atom stereocenters. The first-order chi connectivity index (χ1) is 6.11. The molecular formula is C8H11NaO5. The number of carbonyl (C=O) groups is 2. The summed E-state index contributed by atoms with van der Waals surface area (Å²) in [6.45, 7) is 0. The normalized spacial score (nSPS) is 39.1. The average Bonchev–Trinajstić information content (AvgIpc) is 2.60. The van der Waals surface area contributed by atoms with Crippen molar-refractivity contribution >= 4 is 41.5 Å². The van der Waals surface area contributed by atoms with E-state index in [9.17, 15) is 9.59 Å². The van der Waals surface area contributed by atoms with E-state index >= 15 is 0 Å². The summed E-state index contributed by atoms with van der Waals surface area (Å²) in [5.41, 5.74) is 0. The van der Waals surface area contributed by atoms with Gasteiger partial charge < -0.3 is 14.9 Å². The van der Waals surface area contributed by atoms with Gasteiger partial charge in [-0.1, -0.05) is 0 Å². The van der Waals surface area contributed by atoms with E-state index in [4.69, 9.17) is 14.9 Å². The van der Waals surface area contributed by atoms with Gasteiger partial charge in [0, 0.05) is 0 Å². The zero-order chi connectivity index (χ0) is 9.59. The minimum absolute atomic E-state index is 0.